The molecule has 0 aromatic heterocycles. The topological polar surface area (TPSA) is 354 Å². The van der Waals surface area contributed by atoms with Crippen LogP contribution in [0.15, 0.2) is 30.3 Å². The lowest BCUT2D eigenvalue weighted by atomic mass is 9.93. The molecule has 0 spiro atoms. The Morgan fingerprint density at radius 3 is 0.976 bits per heavy atom. The predicted molar refractivity (Wildman–Crippen MR) is 133 cm³/mol. The standard InChI is InChI=1S/C18H9N9O14/c19-15-11(24(34)35)4-9(22(30)31)13(17(15)26(38)39)6-1-7(3-8(2-6)21(28)29)14-10(23(32)33)5-12(25(36)37)16(20)18(14)27(40)41/h1-5H,19-20H2. The zero-order valence-electron chi connectivity index (χ0n) is 19.4. The Kier molecular flexibility index (Phi) is 7.04. The minimum absolute atomic E-state index is 0.227. The van der Waals surface area contributed by atoms with E-state index in [-0.39, 0.29) is 12.1 Å². The molecule has 0 saturated heterocycles. The van der Waals surface area contributed by atoms with Crippen molar-refractivity contribution in [3.8, 4) is 22.3 Å². The van der Waals surface area contributed by atoms with Crippen molar-refractivity contribution in [1.29, 1.82) is 0 Å². The number of nitro groups is 7. The van der Waals surface area contributed by atoms with Crippen molar-refractivity contribution in [2.75, 3.05) is 11.5 Å². The molecule has 0 aliphatic carbocycles. The predicted octanol–water partition coefficient (Wildman–Crippen LogP) is 3.54. The highest BCUT2D eigenvalue weighted by atomic mass is 16.7. The van der Waals surface area contributed by atoms with Crippen LogP contribution in [0.25, 0.3) is 22.3 Å². The summed E-state index contributed by atoms with van der Waals surface area (Å²) in [4.78, 5) is 72.6. The number of nitrogens with zero attached hydrogens (tertiary/aromatic N) is 7. The summed E-state index contributed by atoms with van der Waals surface area (Å²) in [6.45, 7) is 0. The van der Waals surface area contributed by atoms with Gasteiger partial charge in [0, 0.05) is 23.3 Å². The molecule has 0 amide bonds. The number of nitrogens with two attached hydrogens (primary N) is 2. The quantitative estimate of drug-likeness (QED) is 0.209. The minimum Gasteiger partial charge on any atom is -0.387 e. The molecule has 0 aliphatic rings. The summed E-state index contributed by atoms with van der Waals surface area (Å²) in [5.41, 5.74) is -4.54. The van der Waals surface area contributed by atoms with E-state index in [1.807, 2.05) is 0 Å². The van der Waals surface area contributed by atoms with Gasteiger partial charge in [-0.05, 0) is 6.07 Å². The third kappa shape index (κ3) is 4.85. The zero-order chi connectivity index (χ0) is 31.1. The first-order chi connectivity index (χ1) is 19.0. The number of hydrogen-bond acceptors (Lipinski definition) is 16. The third-order valence-corrected chi connectivity index (χ3v) is 5.45. The van der Waals surface area contributed by atoms with E-state index in [1.54, 1.807) is 0 Å². The van der Waals surface area contributed by atoms with E-state index in [0.29, 0.717) is 18.2 Å². The molecule has 3 aromatic carbocycles. The van der Waals surface area contributed by atoms with Crippen LogP contribution in [0.4, 0.5) is 51.2 Å². The van der Waals surface area contributed by atoms with Gasteiger partial charge in [0.2, 0.25) is 0 Å². The van der Waals surface area contributed by atoms with E-state index in [1.165, 1.54) is 0 Å². The van der Waals surface area contributed by atoms with Crippen LogP contribution in [-0.2, 0) is 0 Å². The zero-order valence-corrected chi connectivity index (χ0v) is 19.4. The molecule has 210 valence electrons. The number of nitrogen functional groups attached to an aromatic ring is 2. The molecule has 4 N–H and O–H groups in total. The number of nitro benzene ring substituents is 7. The van der Waals surface area contributed by atoms with Crippen molar-refractivity contribution in [2.24, 2.45) is 0 Å². The second-order valence-corrected chi connectivity index (χ2v) is 7.67. The SMILES string of the molecule is Nc1c([N+](=O)[O-])cc([N+](=O)[O-])c(-c2cc(-c3c([N+](=O)[O-])cc([N+](=O)[O-])c(N)c3[N+](=O)[O-])cc([N+](=O)[O-])c2)c1[N+](=O)[O-]. The van der Waals surface area contributed by atoms with E-state index < -0.39 is 108 Å². The Balaban J connectivity index is 2.65. The van der Waals surface area contributed by atoms with Crippen LogP contribution in [-0.4, -0.2) is 34.5 Å². The Morgan fingerprint density at radius 1 is 0.415 bits per heavy atom. The van der Waals surface area contributed by atoms with Crippen molar-refractivity contribution in [1.82, 2.24) is 0 Å². The highest BCUT2D eigenvalue weighted by Gasteiger charge is 2.40. The van der Waals surface area contributed by atoms with Gasteiger partial charge in [0.25, 0.3) is 17.1 Å². The largest absolute Gasteiger partial charge is 0.387 e. The van der Waals surface area contributed by atoms with Gasteiger partial charge in [0.15, 0.2) is 11.4 Å². The fourth-order valence-electron chi connectivity index (χ4n) is 3.86. The van der Waals surface area contributed by atoms with E-state index in [2.05, 4.69) is 0 Å². The summed E-state index contributed by atoms with van der Waals surface area (Å²) in [6.07, 6.45) is 0. The average molecular weight is 575 g/mol. The van der Waals surface area contributed by atoms with Gasteiger partial charge < -0.3 is 11.5 Å². The summed E-state index contributed by atoms with van der Waals surface area (Å²) in [7, 11) is 0. The second-order valence-electron chi connectivity index (χ2n) is 7.67. The smallest absolute Gasteiger partial charge is 0.313 e. The van der Waals surface area contributed by atoms with Crippen LogP contribution in [0.1, 0.15) is 0 Å². The van der Waals surface area contributed by atoms with Crippen molar-refractivity contribution in [3.63, 3.8) is 0 Å². The van der Waals surface area contributed by atoms with Crippen LogP contribution in [0, 0.1) is 70.8 Å². The number of hydrogen-bond donors (Lipinski definition) is 2. The van der Waals surface area contributed by atoms with Crippen molar-refractivity contribution in [2.45, 2.75) is 0 Å². The lowest BCUT2D eigenvalue weighted by Crippen LogP contribution is -2.07. The molecular weight excluding hydrogens is 566 g/mol. The van der Waals surface area contributed by atoms with E-state index in [0.717, 1.165) is 0 Å². The van der Waals surface area contributed by atoms with Crippen LogP contribution in [0.5, 0.6) is 0 Å². The maximum Gasteiger partial charge on any atom is 0.313 e. The monoisotopic (exact) mass is 575 g/mol. The van der Waals surface area contributed by atoms with Gasteiger partial charge in [-0.1, -0.05) is 0 Å². The molecule has 3 aromatic rings. The Bertz CT molecular complexity index is 1650. The molecule has 0 radical (unpaired) electrons. The summed E-state index contributed by atoms with van der Waals surface area (Å²) >= 11 is 0. The van der Waals surface area contributed by atoms with Gasteiger partial charge >= 0.3 is 22.7 Å². The average Bonchev–Trinajstić information content (AvgIpc) is 2.86. The first-order valence-electron chi connectivity index (χ1n) is 10.1. The fraction of sp³-hybridized carbons (Fsp3) is 0. The van der Waals surface area contributed by atoms with Gasteiger partial charge in [0.1, 0.15) is 11.1 Å². The molecule has 0 bridgehead atoms. The normalized spacial score (nSPS) is 10.5. The number of rotatable bonds is 9. The molecule has 23 nitrogen and oxygen atoms in total. The van der Waals surface area contributed by atoms with Crippen LogP contribution < -0.4 is 11.5 Å². The number of anilines is 2. The van der Waals surface area contributed by atoms with Gasteiger partial charge in [-0.3, -0.25) is 70.8 Å². The maximum atomic E-state index is 11.9. The first-order valence-corrected chi connectivity index (χ1v) is 10.1. The van der Waals surface area contributed by atoms with Crippen molar-refractivity contribution in [3.05, 3.63) is 101 Å². The summed E-state index contributed by atoms with van der Waals surface area (Å²) in [5, 5.41) is 81.6. The van der Waals surface area contributed by atoms with Gasteiger partial charge in [-0.15, -0.1) is 0 Å². The highest BCUT2D eigenvalue weighted by molar-refractivity contribution is 5.97. The van der Waals surface area contributed by atoms with E-state index in [4.69, 9.17) is 11.5 Å². The van der Waals surface area contributed by atoms with Crippen LogP contribution in [0.2, 0.25) is 0 Å². The Labute approximate surface area is 221 Å². The summed E-state index contributed by atoms with van der Waals surface area (Å²) in [6, 6.07) is 2.02. The van der Waals surface area contributed by atoms with Crippen molar-refractivity contribution < 1.29 is 34.5 Å². The third-order valence-electron chi connectivity index (χ3n) is 5.45. The molecule has 23 heteroatoms. The lowest BCUT2D eigenvalue weighted by Gasteiger charge is -2.11. The Morgan fingerprint density at radius 2 is 0.732 bits per heavy atom. The summed E-state index contributed by atoms with van der Waals surface area (Å²) in [5.74, 6) is 0. The van der Waals surface area contributed by atoms with Gasteiger partial charge in [-0.2, -0.15) is 0 Å². The van der Waals surface area contributed by atoms with Crippen LogP contribution in [0.3, 0.4) is 0 Å². The second kappa shape index (κ2) is 10.1. The number of non-ortho nitro benzene ring substituents is 1. The molecule has 0 saturated carbocycles. The van der Waals surface area contributed by atoms with Gasteiger partial charge in [0.05, 0.1) is 46.6 Å². The van der Waals surface area contributed by atoms with Gasteiger partial charge in [-0.25, -0.2) is 0 Å². The van der Waals surface area contributed by atoms with Crippen molar-refractivity contribution >= 4 is 51.2 Å². The first kappa shape index (κ1) is 28.6. The molecule has 0 aliphatic heterocycles. The minimum atomic E-state index is -1.45. The molecule has 0 fully saturated rings. The molecule has 0 unspecified atom stereocenters. The molecule has 0 heterocycles. The Hall–Kier alpha value is -6.94. The van der Waals surface area contributed by atoms with E-state index >= 15 is 0 Å². The fourth-order valence-corrected chi connectivity index (χ4v) is 3.86. The molecule has 3 rings (SSSR count). The maximum absolute atomic E-state index is 11.9. The van der Waals surface area contributed by atoms with Crippen LogP contribution >= 0.6 is 0 Å². The highest BCUT2D eigenvalue weighted by Crippen LogP contribution is 2.51. The lowest BCUT2D eigenvalue weighted by molar-refractivity contribution is -0.401. The summed E-state index contributed by atoms with van der Waals surface area (Å²) < 4.78 is 0. The molecular formula is C18H9N9O14. The number of benzene rings is 3. The van der Waals surface area contributed by atoms with E-state index in [9.17, 15) is 70.8 Å². The molecule has 41 heavy (non-hydrogen) atoms. The molecule has 0 atom stereocenters.